The molecule has 0 N–H and O–H groups in total. The average molecular weight is 562 g/mol. The molecule has 1 atom stereocenters. The van der Waals surface area contributed by atoms with Crippen molar-refractivity contribution in [1.29, 1.82) is 5.26 Å². The zero-order chi connectivity index (χ0) is 24.3. The second-order valence-electron chi connectivity index (χ2n) is 6.74. The third-order valence-electron chi connectivity index (χ3n) is 4.48. The van der Waals surface area contributed by atoms with Crippen LogP contribution in [-0.2, 0) is 22.4 Å². The van der Waals surface area contributed by atoms with Crippen LogP contribution in [0.4, 0.5) is 13.2 Å². The van der Waals surface area contributed by atoms with Gasteiger partial charge in [0.15, 0.2) is 12.8 Å². The largest absolute Gasteiger partial charge is 0.479 e. The molecule has 0 spiro atoms. The van der Waals surface area contributed by atoms with Gasteiger partial charge in [-0.25, -0.2) is 4.79 Å². The van der Waals surface area contributed by atoms with Crippen molar-refractivity contribution in [3.63, 3.8) is 0 Å². The number of rotatable bonds is 6. The molecule has 3 aromatic rings. The fraction of sp³-hybridized carbons (Fsp3) is 0.182. The van der Waals surface area contributed by atoms with Crippen LogP contribution in [0.25, 0.3) is 11.3 Å². The summed E-state index contributed by atoms with van der Waals surface area (Å²) in [7, 11) is 0. The maximum Gasteiger partial charge on any atom is 0.432 e. The Labute approximate surface area is 205 Å². The number of nitrogens with zero attached hydrogens (tertiary/aromatic N) is 2. The fourth-order valence-corrected chi connectivity index (χ4v) is 4.06. The van der Waals surface area contributed by atoms with Crippen molar-refractivity contribution >= 4 is 45.1 Å². The van der Waals surface area contributed by atoms with Crippen LogP contribution in [-0.4, -0.2) is 16.6 Å². The lowest BCUT2D eigenvalue weighted by Gasteiger charge is -2.18. The topological polar surface area (TPSA) is 64.2 Å². The first-order valence-electron chi connectivity index (χ1n) is 9.27. The molecule has 172 valence electrons. The summed E-state index contributed by atoms with van der Waals surface area (Å²) in [5, 5.41) is 10.3. The van der Waals surface area contributed by atoms with Crippen LogP contribution in [0.3, 0.4) is 0 Å². The van der Waals surface area contributed by atoms with Gasteiger partial charge in [-0.3, -0.25) is 0 Å². The highest BCUT2D eigenvalue weighted by Crippen LogP contribution is 2.43. The Hall–Kier alpha value is -2.67. The number of alkyl halides is 3. The van der Waals surface area contributed by atoms with E-state index in [2.05, 4.69) is 15.9 Å². The number of carbonyl (C=O) groups excluding carboxylic acids is 1. The van der Waals surface area contributed by atoms with Crippen LogP contribution in [0.2, 0.25) is 10.0 Å². The molecule has 0 saturated heterocycles. The lowest BCUT2D eigenvalue weighted by Crippen LogP contribution is -2.28. The van der Waals surface area contributed by atoms with E-state index in [1.54, 1.807) is 24.3 Å². The predicted molar refractivity (Wildman–Crippen MR) is 120 cm³/mol. The molecule has 0 bridgehead atoms. The van der Waals surface area contributed by atoms with Gasteiger partial charge in [0.05, 0.1) is 15.7 Å². The first-order valence-corrected chi connectivity index (χ1v) is 10.8. The highest BCUT2D eigenvalue weighted by Gasteiger charge is 2.41. The SMILES string of the molecule is CC(Oc1cccc(Cl)c1)C(=O)OCn1c(-c2ccc(Cl)cc2)c(C#N)c(Br)c1C(F)(F)F. The van der Waals surface area contributed by atoms with Gasteiger partial charge in [0.2, 0.25) is 0 Å². The van der Waals surface area contributed by atoms with Crippen LogP contribution in [0.5, 0.6) is 5.75 Å². The Morgan fingerprint density at radius 1 is 1.18 bits per heavy atom. The molecule has 0 fully saturated rings. The Bertz CT molecular complexity index is 1220. The normalized spacial score (nSPS) is 12.2. The highest BCUT2D eigenvalue weighted by atomic mass is 79.9. The zero-order valence-corrected chi connectivity index (χ0v) is 19.9. The first kappa shape index (κ1) is 25.0. The molecule has 33 heavy (non-hydrogen) atoms. The van der Waals surface area contributed by atoms with Crippen LogP contribution in [0.1, 0.15) is 18.2 Å². The first-order chi connectivity index (χ1) is 15.5. The molecule has 0 aliphatic carbocycles. The van der Waals surface area contributed by atoms with E-state index in [1.807, 2.05) is 0 Å². The van der Waals surface area contributed by atoms with Crippen LogP contribution >= 0.6 is 39.1 Å². The molecule has 0 radical (unpaired) electrons. The van der Waals surface area contributed by atoms with Gasteiger partial charge in [0.25, 0.3) is 0 Å². The number of ether oxygens (including phenoxy) is 2. The molecule has 1 aromatic heterocycles. The molecule has 11 heteroatoms. The van der Waals surface area contributed by atoms with Crippen molar-refractivity contribution < 1.29 is 27.4 Å². The molecule has 0 aliphatic heterocycles. The van der Waals surface area contributed by atoms with Crippen LogP contribution in [0.15, 0.2) is 53.0 Å². The predicted octanol–water partition coefficient (Wildman–Crippen LogP) is 7.08. The average Bonchev–Trinajstić information content (AvgIpc) is 3.04. The van der Waals surface area contributed by atoms with E-state index in [0.29, 0.717) is 15.8 Å². The summed E-state index contributed by atoms with van der Waals surface area (Å²) in [4.78, 5) is 12.5. The smallest absolute Gasteiger partial charge is 0.432 e. The maximum absolute atomic E-state index is 13.9. The number of esters is 1. The summed E-state index contributed by atoms with van der Waals surface area (Å²) < 4.78 is 52.5. The lowest BCUT2D eigenvalue weighted by atomic mass is 10.1. The third kappa shape index (κ3) is 5.64. The van der Waals surface area contributed by atoms with E-state index in [1.165, 1.54) is 37.3 Å². The van der Waals surface area contributed by atoms with Crippen molar-refractivity contribution in [3.05, 3.63) is 74.3 Å². The van der Waals surface area contributed by atoms with E-state index in [9.17, 15) is 23.2 Å². The Morgan fingerprint density at radius 2 is 1.85 bits per heavy atom. The van der Waals surface area contributed by atoms with Gasteiger partial charge in [-0.1, -0.05) is 41.4 Å². The van der Waals surface area contributed by atoms with E-state index in [4.69, 9.17) is 32.7 Å². The number of carbonyl (C=O) groups is 1. The molecule has 3 rings (SSSR count). The monoisotopic (exact) mass is 560 g/mol. The number of hydrogen-bond donors (Lipinski definition) is 0. The van der Waals surface area contributed by atoms with Gasteiger partial charge in [-0.05, 0) is 58.7 Å². The van der Waals surface area contributed by atoms with E-state index in [-0.39, 0.29) is 16.8 Å². The minimum Gasteiger partial charge on any atom is -0.479 e. The van der Waals surface area contributed by atoms with Crippen LogP contribution < -0.4 is 4.74 Å². The van der Waals surface area contributed by atoms with Gasteiger partial charge in [-0.2, -0.15) is 18.4 Å². The van der Waals surface area contributed by atoms with Crippen LogP contribution in [0, 0.1) is 11.3 Å². The summed E-state index contributed by atoms with van der Waals surface area (Å²) in [6.07, 6.45) is -5.98. The number of aromatic nitrogens is 1. The summed E-state index contributed by atoms with van der Waals surface area (Å²) in [5.41, 5.74) is -1.22. The Balaban J connectivity index is 1.95. The molecule has 5 nitrogen and oxygen atoms in total. The summed E-state index contributed by atoms with van der Waals surface area (Å²) in [6, 6.07) is 13.9. The summed E-state index contributed by atoms with van der Waals surface area (Å²) in [5.74, 6) is -0.617. The second kappa shape index (κ2) is 10.1. The number of halogens is 6. The van der Waals surface area contributed by atoms with E-state index in [0.717, 1.165) is 4.57 Å². The number of benzene rings is 2. The van der Waals surface area contributed by atoms with Crippen molar-refractivity contribution in [1.82, 2.24) is 4.57 Å². The lowest BCUT2D eigenvalue weighted by molar-refractivity contribution is -0.160. The maximum atomic E-state index is 13.9. The quantitative estimate of drug-likeness (QED) is 0.302. The van der Waals surface area contributed by atoms with E-state index >= 15 is 0 Å². The van der Waals surface area contributed by atoms with Crippen molar-refractivity contribution in [2.45, 2.75) is 25.9 Å². The zero-order valence-electron chi connectivity index (χ0n) is 16.8. The van der Waals surface area contributed by atoms with Crippen molar-refractivity contribution in [2.75, 3.05) is 0 Å². The highest BCUT2D eigenvalue weighted by molar-refractivity contribution is 9.10. The molecule has 0 aliphatic rings. The van der Waals surface area contributed by atoms with Crippen molar-refractivity contribution in [2.24, 2.45) is 0 Å². The van der Waals surface area contributed by atoms with Gasteiger partial charge in [0, 0.05) is 10.0 Å². The Morgan fingerprint density at radius 3 is 2.42 bits per heavy atom. The third-order valence-corrected chi connectivity index (χ3v) is 5.74. The molecule has 0 saturated carbocycles. The molecular weight excluding hydrogens is 548 g/mol. The summed E-state index contributed by atoms with van der Waals surface area (Å²) >= 11 is 14.6. The molecule has 1 unspecified atom stereocenters. The van der Waals surface area contributed by atoms with Gasteiger partial charge in [0.1, 0.15) is 17.5 Å². The second-order valence-corrected chi connectivity index (χ2v) is 8.41. The number of nitriles is 1. The molecular formula is C22H14BrCl2F3N2O3. The fourth-order valence-electron chi connectivity index (χ4n) is 3.04. The molecule has 1 heterocycles. The standard InChI is InChI=1S/C22H14BrCl2F3N2O3/c1-12(33-16-4-2-3-15(25)9-16)21(31)32-11-30-19(13-5-7-14(24)8-6-13)17(10-29)18(23)20(30)22(26,27)28/h2-9,12H,11H2,1H3. The molecule has 0 amide bonds. The molecule has 2 aromatic carbocycles. The summed E-state index contributed by atoms with van der Waals surface area (Å²) in [6.45, 7) is 0.579. The minimum absolute atomic E-state index is 0.0791. The minimum atomic E-state index is -4.84. The van der Waals surface area contributed by atoms with Gasteiger partial charge >= 0.3 is 12.1 Å². The van der Waals surface area contributed by atoms with E-state index < -0.39 is 35.1 Å². The Kier molecular flexibility index (Phi) is 7.62. The van der Waals surface area contributed by atoms with Gasteiger partial charge in [-0.15, -0.1) is 0 Å². The van der Waals surface area contributed by atoms with Gasteiger partial charge < -0.3 is 14.0 Å². The number of hydrogen-bond acceptors (Lipinski definition) is 4. The van der Waals surface area contributed by atoms with Crippen molar-refractivity contribution in [3.8, 4) is 23.1 Å².